The molecule has 6 nitrogen and oxygen atoms in total. The summed E-state index contributed by atoms with van der Waals surface area (Å²) in [5, 5.41) is 0.566. The van der Waals surface area contributed by atoms with Gasteiger partial charge in [-0.1, -0.05) is 17.7 Å². The lowest BCUT2D eigenvalue weighted by molar-refractivity contribution is -0.160. The Kier molecular flexibility index (Phi) is 3.99. The van der Waals surface area contributed by atoms with Crippen molar-refractivity contribution in [3.8, 4) is 0 Å². The number of carbonyl (C=O) groups is 3. The number of benzene rings is 1. The molecule has 1 aromatic rings. The summed E-state index contributed by atoms with van der Waals surface area (Å²) in [6.07, 6.45) is 1.92. The zero-order valence-corrected chi connectivity index (χ0v) is 15.8. The maximum Gasteiger partial charge on any atom is 0.333 e. The zero-order chi connectivity index (χ0) is 18.6. The first-order valence-electron chi connectivity index (χ1n) is 9.19. The summed E-state index contributed by atoms with van der Waals surface area (Å²) in [6.45, 7) is 4.83. The van der Waals surface area contributed by atoms with Crippen LogP contribution in [-0.2, 0) is 16.0 Å². The van der Waals surface area contributed by atoms with Crippen molar-refractivity contribution in [1.29, 1.82) is 0 Å². The van der Waals surface area contributed by atoms with E-state index in [9.17, 15) is 14.4 Å². The fourth-order valence-electron chi connectivity index (χ4n) is 4.84. The molecule has 0 unspecified atom stereocenters. The molecule has 0 bridgehead atoms. The maximum absolute atomic E-state index is 13.5. The number of hydrogen-bond donors (Lipinski definition) is 0. The van der Waals surface area contributed by atoms with E-state index in [1.165, 1.54) is 9.80 Å². The molecule has 2 fully saturated rings. The van der Waals surface area contributed by atoms with E-state index in [0.717, 1.165) is 30.6 Å². The second kappa shape index (κ2) is 5.98. The third-order valence-corrected chi connectivity index (χ3v) is 6.38. The van der Waals surface area contributed by atoms with Gasteiger partial charge in [-0.3, -0.25) is 19.4 Å². The number of amides is 4. The Morgan fingerprint density at radius 2 is 1.77 bits per heavy atom. The monoisotopic (exact) mass is 375 g/mol. The van der Waals surface area contributed by atoms with Crippen LogP contribution >= 0.6 is 11.6 Å². The number of carbonyl (C=O) groups excluding carboxylic acids is 3. The van der Waals surface area contributed by atoms with Gasteiger partial charge in [0.05, 0.1) is 6.04 Å². The summed E-state index contributed by atoms with van der Waals surface area (Å²) in [7, 11) is 0. The minimum Gasteiger partial charge on any atom is -0.367 e. The summed E-state index contributed by atoms with van der Waals surface area (Å²) in [4.78, 5) is 44.1. The summed E-state index contributed by atoms with van der Waals surface area (Å²) in [5.41, 5.74) is 0.568. The van der Waals surface area contributed by atoms with Gasteiger partial charge in [0.1, 0.15) is 0 Å². The lowest BCUT2D eigenvalue weighted by atomic mass is 9.68. The molecule has 3 heterocycles. The average molecular weight is 376 g/mol. The molecule has 1 aromatic carbocycles. The van der Waals surface area contributed by atoms with E-state index in [2.05, 4.69) is 4.90 Å². The Labute approximate surface area is 157 Å². The van der Waals surface area contributed by atoms with Crippen LogP contribution in [0.2, 0.25) is 5.02 Å². The van der Waals surface area contributed by atoms with Crippen molar-refractivity contribution in [2.45, 2.75) is 39.2 Å². The highest BCUT2D eigenvalue weighted by molar-refractivity contribution is 6.32. The summed E-state index contributed by atoms with van der Waals surface area (Å²) < 4.78 is 0. The van der Waals surface area contributed by atoms with Crippen LogP contribution < -0.4 is 4.90 Å². The number of barbiturate groups is 1. The van der Waals surface area contributed by atoms with Crippen molar-refractivity contribution in [1.82, 2.24) is 9.80 Å². The van der Waals surface area contributed by atoms with E-state index >= 15 is 0 Å². The molecule has 26 heavy (non-hydrogen) atoms. The Bertz CT molecular complexity index is 783. The summed E-state index contributed by atoms with van der Waals surface area (Å²) in [6, 6.07) is 4.96. The Morgan fingerprint density at radius 3 is 2.38 bits per heavy atom. The number of halogens is 1. The van der Waals surface area contributed by atoms with Gasteiger partial charge in [0.25, 0.3) is 0 Å². The van der Waals surface area contributed by atoms with Crippen LogP contribution in [0.5, 0.6) is 0 Å². The molecule has 4 rings (SSSR count). The van der Waals surface area contributed by atoms with Crippen molar-refractivity contribution < 1.29 is 14.4 Å². The van der Waals surface area contributed by atoms with E-state index in [1.54, 1.807) is 19.9 Å². The third kappa shape index (κ3) is 2.02. The van der Waals surface area contributed by atoms with E-state index in [-0.39, 0.29) is 37.4 Å². The molecule has 0 saturated carbocycles. The van der Waals surface area contributed by atoms with E-state index < -0.39 is 11.4 Å². The Morgan fingerprint density at radius 1 is 1.12 bits per heavy atom. The summed E-state index contributed by atoms with van der Waals surface area (Å²) in [5.74, 6) is -0.746. The zero-order valence-electron chi connectivity index (χ0n) is 15.0. The van der Waals surface area contributed by atoms with Gasteiger partial charge in [0.15, 0.2) is 5.41 Å². The molecule has 0 N–H and O–H groups in total. The lowest BCUT2D eigenvalue weighted by Gasteiger charge is -2.51. The van der Waals surface area contributed by atoms with Crippen molar-refractivity contribution >= 4 is 35.1 Å². The molecule has 1 atom stereocenters. The summed E-state index contributed by atoms with van der Waals surface area (Å²) >= 11 is 6.46. The highest BCUT2D eigenvalue weighted by Gasteiger charge is 2.64. The van der Waals surface area contributed by atoms with Gasteiger partial charge in [-0.15, -0.1) is 0 Å². The number of anilines is 1. The predicted octanol–water partition coefficient (Wildman–Crippen LogP) is 2.68. The smallest absolute Gasteiger partial charge is 0.333 e. The molecule has 3 aliphatic heterocycles. The van der Waals surface area contributed by atoms with Gasteiger partial charge in [0.2, 0.25) is 11.8 Å². The van der Waals surface area contributed by atoms with Crippen LogP contribution in [0, 0.1) is 5.41 Å². The van der Waals surface area contributed by atoms with Crippen LogP contribution in [0.25, 0.3) is 0 Å². The largest absolute Gasteiger partial charge is 0.367 e. The number of urea groups is 1. The molecule has 7 heteroatoms. The van der Waals surface area contributed by atoms with Crippen LogP contribution in [0.3, 0.4) is 0 Å². The van der Waals surface area contributed by atoms with Gasteiger partial charge >= 0.3 is 6.03 Å². The Balaban J connectivity index is 1.93. The molecule has 3 aliphatic rings. The maximum atomic E-state index is 13.5. The number of imide groups is 2. The van der Waals surface area contributed by atoms with Crippen LogP contribution in [0.4, 0.5) is 10.5 Å². The fourth-order valence-corrected chi connectivity index (χ4v) is 5.08. The van der Waals surface area contributed by atoms with Gasteiger partial charge in [-0.25, -0.2) is 4.79 Å². The first-order valence-corrected chi connectivity index (χ1v) is 9.57. The molecule has 0 aromatic heterocycles. The van der Waals surface area contributed by atoms with Gasteiger partial charge < -0.3 is 4.90 Å². The van der Waals surface area contributed by atoms with Gasteiger partial charge in [-0.05, 0) is 44.4 Å². The van der Waals surface area contributed by atoms with E-state index in [0.29, 0.717) is 5.02 Å². The number of rotatable bonds is 2. The molecule has 2 saturated heterocycles. The normalized spacial score (nSPS) is 24.3. The number of nitrogens with zero attached hydrogens (tertiary/aromatic N) is 3. The number of hydrogen-bond acceptors (Lipinski definition) is 4. The average Bonchev–Trinajstić information content (AvgIpc) is 3.12. The predicted molar refractivity (Wildman–Crippen MR) is 98.1 cm³/mol. The highest BCUT2D eigenvalue weighted by atomic mass is 35.5. The van der Waals surface area contributed by atoms with Crippen molar-refractivity contribution in [3.63, 3.8) is 0 Å². The van der Waals surface area contributed by atoms with Crippen molar-refractivity contribution in [2.24, 2.45) is 5.41 Å². The minimum atomic E-state index is -1.27. The first-order chi connectivity index (χ1) is 12.5. The van der Waals surface area contributed by atoms with E-state index in [4.69, 9.17) is 11.6 Å². The molecule has 0 radical (unpaired) electrons. The third-order valence-electron chi connectivity index (χ3n) is 6.03. The van der Waals surface area contributed by atoms with Crippen LogP contribution in [-0.4, -0.2) is 53.3 Å². The lowest BCUT2D eigenvalue weighted by Crippen LogP contribution is -2.71. The topological polar surface area (TPSA) is 60.9 Å². The van der Waals surface area contributed by atoms with Crippen LogP contribution in [0.15, 0.2) is 18.2 Å². The van der Waals surface area contributed by atoms with Gasteiger partial charge in [0, 0.05) is 36.8 Å². The SMILES string of the molecule is CCN1C(=O)N(CC)C(=O)C2(Cc3c(Cl)cccc3N3CCC[C@@H]32)C1=O. The second-order valence-corrected chi connectivity index (χ2v) is 7.53. The second-order valence-electron chi connectivity index (χ2n) is 7.12. The fraction of sp³-hybridized carbons (Fsp3) is 0.526. The molecule has 0 aliphatic carbocycles. The molecule has 4 amide bonds. The Hall–Kier alpha value is -2.08. The standard InChI is InChI=1S/C19H22ClN3O3/c1-3-21-16(24)19(17(25)22(4-2)18(21)26)11-12-13(20)7-5-8-14(12)23-10-6-9-15(19)23/h5,7-8,15H,3-4,6,9-11H2,1-2H3/t15-/m1/s1. The van der Waals surface area contributed by atoms with E-state index in [1.807, 2.05) is 12.1 Å². The van der Waals surface area contributed by atoms with Crippen molar-refractivity contribution in [2.75, 3.05) is 24.5 Å². The minimum absolute atomic E-state index is 0.232. The molecule has 138 valence electrons. The quantitative estimate of drug-likeness (QED) is 0.746. The molecular formula is C19H22ClN3O3. The first kappa shape index (κ1) is 17.3. The van der Waals surface area contributed by atoms with Crippen molar-refractivity contribution in [3.05, 3.63) is 28.8 Å². The van der Waals surface area contributed by atoms with Gasteiger partial charge in [-0.2, -0.15) is 0 Å². The molecular weight excluding hydrogens is 354 g/mol. The van der Waals surface area contributed by atoms with Crippen LogP contribution in [0.1, 0.15) is 32.3 Å². The molecule has 1 spiro atoms. The number of fused-ring (bicyclic) bond motifs is 4. The highest BCUT2D eigenvalue weighted by Crippen LogP contribution is 2.50.